The molecule has 0 aromatic heterocycles. The molecule has 0 spiro atoms. The van der Waals surface area contributed by atoms with Gasteiger partial charge in [-0.25, -0.2) is 0 Å². The number of ether oxygens (including phenoxy) is 2. The maximum Gasteiger partial charge on any atom is 0.150 e. The average molecular weight is 337 g/mol. The number of benzene rings is 1. The lowest BCUT2D eigenvalue weighted by molar-refractivity contribution is 0.156. The molecule has 23 heavy (non-hydrogen) atoms. The summed E-state index contributed by atoms with van der Waals surface area (Å²) < 4.78 is 11.6. The van der Waals surface area contributed by atoms with Crippen LogP contribution in [0.15, 0.2) is 18.2 Å². The Morgan fingerprint density at radius 1 is 1.43 bits per heavy atom. The number of halogens is 1. The van der Waals surface area contributed by atoms with E-state index < -0.39 is 5.60 Å². The zero-order chi connectivity index (χ0) is 17.4. The van der Waals surface area contributed by atoms with Crippen molar-refractivity contribution in [1.82, 2.24) is 0 Å². The first-order valence-corrected chi connectivity index (χ1v) is 8.20. The molecule has 0 radical (unpaired) electrons. The summed E-state index contributed by atoms with van der Waals surface area (Å²) in [6.07, 6.45) is 3.89. The van der Waals surface area contributed by atoms with Crippen molar-refractivity contribution in [2.24, 2.45) is 5.92 Å². The largest absolute Gasteiger partial charge is 0.494 e. The molecule has 1 aromatic rings. The van der Waals surface area contributed by atoms with E-state index in [1.54, 1.807) is 13.2 Å². The lowest BCUT2D eigenvalue weighted by atomic mass is 9.86. The van der Waals surface area contributed by atoms with Crippen LogP contribution in [0.5, 0.6) is 11.5 Å². The fraction of sp³-hybridized carbons (Fsp3) is 0.474. The highest BCUT2D eigenvalue weighted by Gasteiger charge is 2.32. The zero-order valence-electron chi connectivity index (χ0n) is 14.7. The Hall–Kier alpha value is -1.45. The second kappa shape index (κ2) is 6.58. The van der Waals surface area contributed by atoms with Gasteiger partial charge in [-0.1, -0.05) is 31.5 Å². The summed E-state index contributed by atoms with van der Waals surface area (Å²) in [7, 11) is 1.59. The van der Waals surface area contributed by atoms with Crippen LogP contribution in [0.1, 0.15) is 45.7 Å². The smallest absolute Gasteiger partial charge is 0.150 e. The minimum Gasteiger partial charge on any atom is -0.494 e. The second-order valence-electron chi connectivity index (χ2n) is 6.68. The van der Waals surface area contributed by atoms with Crippen LogP contribution in [-0.4, -0.2) is 24.4 Å². The molecular formula is C19H25ClO3. The summed E-state index contributed by atoms with van der Waals surface area (Å²) in [6, 6.07) is 2.04. The fourth-order valence-corrected chi connectivity index (χ4v) is 3.21. The first-order valence-electron chi connectivity index (χ1n) is 7.82. The van der Waals surface area contributed by atoms with Gasteiger partial charge < -0.3 is 14.6 Å². The zero-order valence-corrected chi connectivity index (χ0v) is 15.4. The summed E-state index contributed by atoms with van der Waals surface area (Å²) in [4.78, 5) is 0. The molecule has 0 amide bonds. The van der Waals surface area contributed by atoms with Gasteiger partial charge in [-0.3, -0.25) is 0 Å². The molecule has 0 aliphatic carbocycles. The van der Waals surface area contributed by atoms with Gasteiger partial charge in [-0.05, 0) is 50.0 Å². The number of allylic oxidation sites excluding steroid dienone is 2. The molecule has 2 rings (SSSR count). The molecule has 0 bridgehead atoms. The van der Waals surface area contributed by atoms with Crippen molar-refractivity contribution in [3.05, 3.63) is 34.4 Å². The summed E-state index contributed by atoms with van der Waals surface area (Å²) in [5.74, 6) is 1.59. The average Bonchev–Trinajstić information content (AvgIpc) is 2.46. The normalized spacial score (nSPS) is 16.7. The molecule has 1 heterocycles. The molecule has 3 nitrogen and oxygen atoms in total. The highest BCUT2D eigenvalue weighted by Crippen LogP contribution is 2.49. The van der Waals surface area contributed by atoms with Gasteiger partial charge in [-0.2, -0.15) is 0 Å². The van der Waals surface area contributed by atoms with Crippen LogP contribution in [0.25, 0.3) is 11.1 Å². The molecule has 0 fully saturated rings. The van der Waals surface area contributed by atoms with Gasteiger partial charge in [0.15, 0.2) is 5.75 Å². The molecular weight excluding hydrogens is 312 g/mol. The molecule has 0 saturated heterocycles. The van der Waals surface area contributed by atoms with Crippen LogP contribution in [-0.2, 0) is 0 Å². The van der Waals surface area contributed by atoms with E-state index in [4.69, 9.17) is 21.1 Å². The predicted octanol–water partition coefficient (Wildman–Crippen LogP) is 4.95. The Bertz CT molecular complexity index is 670. The van der Waals surface area contributed by atoms with Crippen LogP contribution in [0.2, 0.25) is 5.02 Å². The van der Waals surface area contributed by atoms with Crippen LogP contribution >= 0.6 is 11.6 Å². The minimum atomic E-state index is -0.418. The van der Waals surface area contributed by atoms with Crippen molar-refractivity contribution in [1.29, 1.82) is 0 Å². The molecule has 1 aliphatic heterocycles. The maximum atomic E-state index is 9.19. The third-order valence-electron chi connectivity index (χ3n) is 4.00. The summed E-state index contributed by atoms with van der Waals surface area (Å²) in [6.45, 7) is 10.3. The van der Waals surface area contributed by atoms with Crippen LogP contribution < -0.4 is 9.47 Å². The minimum absolute atomic E-state index is 0.0277. The Balaban J connectivity index is 2.77. The van der Waals surface area contributed by atoms with Crippen molar-refractivity contribution in [3.63, 3.8) is 0 Å². The van der Waals surface area contributed by atoms with Gasteiger partial charge in [0.2, 0.25) is 0 Å². The number of aliphatic hydroxyl groups is 1. The lowest BCUT2D eigenvalue weighted by Crippen LogP contribution is -2.30. The first kappa shape index (κ1) is 17.9. The molecule has 0 unspecified atom stereocenters. The van der Waals surface area contributed by atoms with Gasteiger partial charge in [0.05, 0.1) is 13.7 Å². The van der Waals surface area contributed by atoms with E-state index >= 15 is 0 Å². The van der Waals surface area contributed by atoms with Crippen LogP contribution in [0.4, 0.5) is 0 Å². The predicted molar refractivity (Wildman–Crippen MR) is 96.3 cm³/mol. The van der Waals surface area contributed by atoms with Gasteiger partial charge in [0, 0.05) is 11.1 Å². The third-order valence-corrected chi connectivity index (χ3v) is 4.35. The van der Waals surface area contributed by atoms with E-state index in [2.05, 4.69) is 19.9 Å². The van der Waals surface area contributed by atoms with Crippen molar-refractivity contribution in [2.45, 2.75) is 40.2 Å². The molecule has 1 N–H and O–H groups in total. The monoisotopic (exact) mass is 336 g/mol. The van der Waals surface area contributed by atoms with Crippen LogP contribution in [0, 0.1) is 5.92 Å². The highest BCUT2D eigenvalue weighted by molar-refractivity contribution is 6.34. The number of fused-ring (bicyclic) bond motifs is 1. The van der Waals surface area contributed by atoms with Crippen molar-refractivity contribution in [2.75, 3.05) is 13.7 Å². The van der Waals surface area contributed by atoms with Crippen molar-refractivity contribution >= 4 is 22.7 Å². The van der Waals surface area contributed by atoms with E-state index in [1.807, 2.05) is 26.8 Å². The second-order valence-corrected chi connectivity index (χ2v) is 7.06. The quantitative estimate of drug-likeness (QED) is 0.845. The van der Waals surface area contributed by atoms with Crippen LogP contribution in [0.3, 0.4) is 0 Å². The van der Waals surface area contributed by atoms with E-state index in [1.165, 1.54) is 5.57 Å². The SMILES string of the molecule is COc1c(/C(C)=C/CO)cc2c(c1Cl)OC(C)(C)C=C2C(C)C. The van der Waals surface area contributed by atoms with Crippen molar-refractivity contribution < 1.29 is 14.6 Å². The first-order chi connectivity index (χ1) is 10.7. The standard InChI is InChI=1S/C19H25ClO3/c1-11(2)15-10-19(4,5)23-18-14(15)9-13(12(3)7-8-21)17(22-6)16(18)20/h7,9-11,21H,8H2,1-6H3/b12-7+. The topological polar surface area (TPSA) is 38.7 Å². The van der Waals surface area contributed by atoms with Gasteiger partial charge >= 0.3 is 0 Å². The Kier molecular flexibility index (Phi) is 5.12. The highest BCUT2D eigenvalue weighted by atomic mass is 35.5. The van der Waals surface area contributed by atoms with Gasteiger partial charge in [0.1, 0.15) is 16.4 Å². The number of aliphatic hydroxyl groups excluding tert-OH is 1. The molecule has 0 atom stereocenters. The molecule has 4 heteroatoms. The van der Waals surface area contributed by atoms with Crippen molar-refractivity contribution in [3.8, 4) is 11.5 Å². The van der Waals surface area contributed by atoms with Gasteiger partial charge in [0.25, 0.3) is 0 Å². The summed E-state index contributed by atoms with van der Waals surface area (Å²) in [5.41, 5.74) is 3.57. The Labute approximate surface area is 143 Å². The molecule has 0 saturated carbocycles. The number of hydrogen-bond acceptors (Lipinski definition) is 3. The fourth-order valence-electron chi connectivity index (χ4n) is 2.89. The number of rotatable bonds is 4. The maximum absolute atomic E-state index is 9.19. The summed E-state index contributed by atoms with van der Waals surface area (Å²) >= 11 is 6.61. The molecule has 1 aliphatic rings. The van der Waals surface area contributed by atoms with Gasteiger partial charge in [-0.15, -0.1) is 0 Å². The van der Waals surface area contributed by atoms with E-state index in [0.717, 1.165) is 16.7 Å². The third kappa shape index (κ3) is 3.41. The lowest BCUT2D eigenvalue weighted by Gasteiger charge is -2.34. The Morgan fingerprint density at radius 3 is 2.61 bits per heavy atom. The van der Waals surface area contributed by atoms with E-state index in [9.17, 15) is 5.11 Å². The Morgan fingerprint density at radius 2 is 2.09 bits per heavy atom. The number of hydrogen-bond donors (Lipinski definition) is 1. The molecule has 1 aromatic carbocycles. The van der Waals surface area contributed by atoms with E-state index in [0.29, 0.717) is 22.4 Å². The summed E-state index contributed by atoms with van der Waals surface area (Å²) in [5, 5.41) is 9.67. The number of methoxy groups -OCH3 is 1. The molecule has 126 valence electrons. The van der Waals surface area contributed by atoms with E-state index in [-0.39, 0.29) is 6.61 Å².